The lowest BCUT2D eigenvalue weighted by Crippen LogP contribution is -2.30. The Morgan fingerprint density at radius 3 is 3.05 bits per heavy atom. The minimum atomic E-state index is 0.00595. The number of nitrogens with two attached hydrogens (primary N) is 1. The van der Waals surface area contributed by atoms with Gasteiger partial charge in [0.15, 0.2) is 0 Å². The van der Waals surface area contributed by atoms with Crippen molar-refractivity contribution in [2.75, 3.05) is 13.1 Å². The number of hydrogen-bond acceptors (Lipinski definition) is 3. The summed E-state index contributed by atoms with van der Waals surface area (Å²) in [6.07, 6.45) is 4.77. The quantitative estimate of drug-likeness (QED) is 0.840. The summed E-state index contributed by atoms with van der Waals surface area (Å²) in [5.74, 6) is 0.00595. The van der Waals surface area contributed by atoms with Gasteiger partial charge in [0.05, 0.1) is 23.8 Å². The highest BCUT2D eigenvalue weighted by atomic mass is 16.1. The normalized spacial score (nSPS) is 14.8. The molecule has 3 rings (SSSR count). The summed E-state index contributed by atoms with van der Waals surface area (Å²) in [6.45, 7) is 0.994. The van der Waals surface area contributed by atoms with Gasteiger partial charge in [-0.3, -0.25) is 4.79 Å². The molecule has 1 aromatic carbocycles. The molecule has 0 saturated heterocycles. The van der Waals surface area contributed by atoms with Crippen LogP contribution < -0.4 is 11.1 Å². The van der Waals surface area contributed by atoms with Gasteiger partial charge in [-0.2, -0.15) is 0 Å². The zero-order valence-corrected chi connectivity index (χ0v) is 10.8. The Bertz CT molecular complexity index is 601. The Morgan fingerprint density at radius 1 is 1.47 bits per heavy atom. The highest BCUT2D eigenvalue weighted by molar-refractivity contribution is 5.81. The van der Waals surface area contributed by atoms with E-state index in [9.17, 15) is 4.79 Å². The van der Waals surface area contributed by atoms with E-state index in [-0.39, 0.29) is 5.91 Å². The number of carbonyl (C=O) groups excluding carboxylic acids is 1. The third-order valence-corrected chi connectivity index (χ3v) is 3.41. The SMILES string of the molecule is NCCNC(=O)Cc1ccc2c(c1)ncn2C1CC1. The molecular weight excluding hydrogens is 240 g/mol. The molecule has 0 unspecified atom stereocenters. The molecule has 1 aliphatic carbocycles. The van der Waals surface area contributed by atoms with Crippen molar-refractivity contribution < 1.29 is 4.79 Å². The molecule has 100 valence electrons. The number of imidazole rings is 1. The molecule has 3 N–H and O–H groups in total. The topological polar surface area (TPSA) is 72.9 Å². The second kappa shape index (κ2) is 5.01. The van der Waals surface area contributed by atoms with E-state index in [0.717, 1.165) is 16.6 Å². The fourth-order valence-electron chi connectivity index (χ4n) is 2.29. The molecule has 1 saturated carbocycles. The Morgan fingerprint density at radius 2 is 2.32 bits per heavy atom. The number of amides is 1. The summed E-state index contributed by atoms with van der Waals surface area (Å²) < 4.78 is 2.23. The van der Waals surface area contributed by atoms with Crippen molar-refractivity contribution in [3.8, 4) is 0 Å². The molecule has 0 spiro atoms. The lowest BCUT2D eigenvalue weighted by atomic mass is 10.1. The zero-order chi connectivity index (χ0) is 13.2. The fraction of sp³-hybridized carbons (Fsp3) is 0.429. The molecule has 19 heavy (non-hydrogen) atoms. The summed E-state index contributed by atoms with van der Waals surface area (Å²) in [4.78, 5) is 16.1. The first-order valence-electron chi connectivity index (χ1n) is 6.70. The van der Waals surface area contributed by atoms with Crippen LogP contribution in [0.3, 0.4) is 0 Å². The van der Waals surface area contributed by atoms with Gasteiger partial charge in [-0.25, -0.2) is 4.98 Å². The maximum Gasteiger partial charge on any atom is 0.224 e. The van der Waals surface area contributed by atoms with Gasteiger partial charge in [-0.15, -0.1) is 0 Å². The Labute approximate surface area is 111 Å². The molecule has 5 nitrogen and oxygen atoms in total. The van der Waals surface area contributed by atoms with E-state index in [1.165, 1.54) is 12.8 Å². The van der Waals surface area contributed by atoms with Crippen LogP contribution in [0.5, 0.6) is 0 Å². The Balaban J connectivity index is 1.76. The van der Waals surface area contributed by atoms with Gasteiger partial charge in [0, 0.05) is 19.1 Å². The predicted octanol–water partition coefficient (Wildman–Crippen LogP) is 0.989. The van der Waals surface area contributed by atoms with Crippen molar-refractivity contribution in [3.05, 3.63) is 30.1 Å². The monoisotopic (exact) mass is 258 g/mol. The predicted molar refractivity (Wildman–Crippen MR) is 73.8 cm³/mol. The van der Waals surface area contributed by atoms with Gasteiger partial charge in [0.25, 0.3) is 0 Å². The van der Waals surface area contributed by atoms with Crippen LogP contribution in [0.1, 0.15) is 24.4 Å². The number of benzene rings is 1. The van der Waals surface area contributed by atoms with Gasteiger partial charge in [-0.05, 0) is 30.5 Å². The summed E-state index contributed by atoms with van der Waals surface area (Å²) in [5.41, 5.74) is 8.47. The van der Waals surface area contributed by atoms with Crippen LogP contribution >= 0.6 is 0 Å². The molecule has 5 heteroatoms. The van der Waals surface area contributed by atoms with Crippen LogP contribution in [0, 0.1) is 0 Å². The third-order valence-electron chi connectivity index (χ3n) is 3.41. The number of nitrogens with zero attached hydrogens (tertiary/aromatic N) is 2. The van der Waals surface area contributed by atoms with Crippen molar-refractivity contribution in [2.45, 2.75) is 25.3 Å². The summed E-state index contributed by atoms with van der Waals surface area (Å²) in [7, 11) is 0. The molecule has 1 aromatic heterocycles. The van der Waals surface area contributed by atoms with Gasteiger partial charge in [-0.1, -0.05) is 6.07 Å². The maximum atomic E-state index is 11.6. The van der Waals surface area contributed by atoms with Gasteiger partial charge >= 0.3 is 0 Å². The lowest BCUT2D eigenvalue weighted by molar-refractivity contribution is -0.120. The minimum absolute atomic E-state index is 0.00595. The summed E-state index contributed by atoms with van der Waals surface area (Å²) in [5, 5.41) is 2.77. The van der Waals surface area contributed by atoms with Crippen LogP contribution in [0.15, 0.2) is 24.5 Å². The van der Waals surface area contributed by atoms with Crippen LogP contribution in [-0.4, -0.2) is 28.5 Å². The van der Waals surface area contributed by atoms with Crippen molar-refractivity contribution in [3.63, 3.8) is 0 Å². The molecule has 1 amide bonds. The number of hydrogen-bond donors (Lipinski definition) is 2. The van der Waals surface area contributed by atoms with Crippen LogP contribution in [0.25, 0.3) is 11.0 Å². The van der Waals surface area contributed by atoms with Gasteiger partial charge < -0.3 is 15.6 Å². The largest absolute Gasteiger partial charge is 0.355 e. The zero-order valence-electron chi connectivity index (χ0n) is 10.8. The molecule has 1 heterocycles. The van der Waals surface area contributed by atoms with E-state index >= 15 is 0 Å². The highest BCUT2D eigenvalue weighted by Crippen LogP contribution is 2.37. The van der Waals surface area contributed by atoms with Crippen LogP contribution in [-0.2, 0) is 11.2 Å². The Kier molecular flexibility index (Phi) is 3.21. The van der Waals surface area contributed by atoms with Crippen molar-refractivity contribution in [2.24, 2.45) is 5.73 Å². The second-order valence-corrected chi connectivity index (χ2v) is 5.02. The van der Waals surface area contributed by atoms with E-state index in [4.69, 9.17) is 5.73 Å². The summed E-state index contributed by atoms with van der Waals surface area (Å²) in [6, 6.07) is 6.69. The minimum Gasteiger partial charge on any atom is -0.355 e. The van der Waals surface area contributed by atoms with Gasteiger partial charge in [0.1, 0.15) is 0 Å². The number of carbonyl (C=O) groups is 1. The molecule has 0 aliphatic heterocycles. The third kappa shape index (κ3) is 2.61. The first kappa shape index (κ1) is 12.2. The molecule has 0 atom stereocenters. The first-order valence-corrected chi connectivity index (χ1v) is 6.70. The number of rotatable bonds is 5. The number of fused-ring (bicyclic) bond motifs is 1. The van der Waals surface area contributed by atoms with E-state index in [0.29, 0.717) is 25.6 Å². The first-order chi connectivity index (χ1) is 9.28. The molecule has 1 aliphatic rings. The standard InChI is InChI=1S/C14H18N4O/c15-5-6-16-14(19)8-10-1-4-13-12(7-10)17-9-18(13)11-2-3-11/h1,4,7,9,11H,2-3,5-6,8,15H2,(H,16,19). The average Bonchev–Trinajstić information content (AvgIpc) is 3.17. The van der Waals surface area contributed by atoms with Crippen molar-refractivity contribution in [1.82, 2.24) is 14.9 Å². The van der Waals surface area contributed by atoms with E-state index < -0.39 is 0 Å². The average molecular weight is 258 g/mol. The maximum absolute atomic E-state index is 11.6. The molecule has 0 bridgehead atoms. The lowest BCUT2D eigenvalue weighted by Gasteiger charge is -2.04. The van der Waals surface area contributed by atoms with Crippen molar-refractivity contribution >= 4 is 16.9 Å². The highest BCUT2D eigenvalue weighted by Gasteiger charge is 2.24. The number of nitrogens with one attached hydrogen (secondary N) is 1. The van der Waals surface area contributed by atoms with Crippen LogP contribution in [0.2, 0.25) is 0 Å². The van der Waals surface area contributed by atoms with E-state index in [1.54, 1.807) is 0 Å². The second-order valence-electron chi connectivity index (χ2n) is 5.02. The molecular formula is C14H18N4O. The van der Waals surface area contributed by atoms with Gasteiger partial charge in [0.2, 0.25) is 5.91 Å². The molecule has 2 aromatic rings. The smallest absolute Gasteiger partial charge is 0.224 e. The number of aromatic nitrogens is 2. The Hall–Kier alpha value is -1.88. The van der Waals surface area contributed by atoms with E-state index in [1.807, 2.05) is 18.5 Å². The fourth-order valence-corrected chi connectivity index (χ4v) is 2.29. The van der Waals surface area contributed by atoms with Crippen LogP contribution in [0.4, 0.5) is 0 Å². The summed E-state index contributed by atoms with van der Waals surface area (Å²) >= 11 is 0. The molecule has 0 radical (unpaired) electrons. The molecule has 1 fully saturated rings. The van der Waals surface area contributed by atoms with Crippen molar-refractivity contribution in [1.29, 1.82) is 0 Å². The van der Waals surface area contributed by atoms with E-state index in [2.05, 4.69) is 20.9 Å².